The summed E-state index contributed by atoms with van der Waals surface area (Å²) in [6.07, 6.45) is 4.15. The van der Waals surface area contributed by atoms with Gasteiger partial charge in [-0.05, 0) is 47.4 Å². The molecule has 0 radical (unpaired) electrons. The summed E-state index contributed by atoms with van der Waals surface area (Å²) >= 11 is 3.40. The molecule has 5 heteroatoms. The molecule has 1 aromatic rings. The normalized spacial score (nSPS) is 24.1. The number of carbonyl (C=O) groups excluding carboxylic acids is 1. The Morgan fingerprint density at radius 3 is 3.11 bits per heavy atom. The van der Waals surface area contributed by atoms with Crippen LogP contribution in [0.25, 0.3) is 0 Å². The minimum absolute atomic E-state index is 0.0500. The van der Waals surface area contributed by atoms with Gasteiger partial charge in [0.2, 0.25) is 0 Å². The molecule has 0 aromatic carbocycles. The fourth-order valence-electron chi connectivity index (χ4n) is 2.87. The van der Waals surface area contributed by atoms with Crippen molar-refractivity contribution in [2.75, 3.05) is 26.2 Å². The quantitative estimate of drug-likeness (QED) is 0.793. The summed E-state index contributed by atoms with van der Waals surface area (Å²) in [6, 6.07) is 4.26. The fraction of sp³-hybridized carbons (Fsp3) is 0.538. The van der Waals surface area contributed by atoms with Gasteiger partial charge in [0.05, 0.1) is 0 Å². The minimum Gasteiger partial charge on any atom is -0.334 e. The number of carbonyl (C=O) groups is 1. The van der Waals surface area contributed by atoms with E-state index < -0.39 is 0 Å². The molecule has 0 N–H and O–H groups in total. The van der Waals surface area contributed by atoms with E-state index in [-0.39, 0.29) is 5.91 Å². The number of piperazine rings is 1. The molecule has 2 fully saturated rings. The number of pyridine rings is 1. The highest BCUT2D eigenvalue weighted by Gasteiger charge is 2.33. The molecule has 0 saturated carbocycles. The molecule has 3 rings (SSSR count). The lowest BCUT2D eigenvalue weighted by Gasteiger charge is -2.37. The van der Waals surface area contributed by atoms with E-state index in [9.17, 15) is 4.79 Å². The highest BCUT2D eigenvalue weighted by atomic mass is 79.9. The fourth-order valence-corrected chi connectivity index (χ4v) is 3.29. The van der Waals surface area contributed by atoms with Crippen molar-refractivity contribution in [1.29, 1.82) is 0 Å². The highest BCUT2D eigenvalue weighted by molar-refractivity contribution is 9.10. The van der Waals surface area contributed by atoms with Crippen molar-refractivity contribution in [3.8, 4) is 0 Å². The standard InChI is InChI=1S/C13H16BrN3O/c14-11-4-1-5-15-12(11)13(18)17-8-7-16-6-2-3-10(16)9-17/h1,4-5,10H,2-3,6-9H2. The minimum atomic E-state index is 0.0500. The van der Waals surface area contributed by atoms with Crippen molar-refractivity contribution in [3.05, 3.63) is 28.5 Å². The predicted octanol–water partition coefficient (Wildman–Crippen LogP) is 1.76. The first-order chi connectivity index (χ1) is 8.75. The van der Waals surface area contributed by atoms with Crippen LogP contribution < -0.4 is 0 Å². The Kier molecular flexibility index (Phi) is 3.35. The number of amides is 1. The molecular formula is C13H16BrN3O. The van der Waals surface area contributed by atoms with Crippen LogP contribution in [0.15, 0.2) is 22.8 Å². The second kappa shape index (κ2) is 4.97. The molecule has 1 unspecified atom stereocenters. The number of hydrogen-bond donors (Lipinski definition) is 0. The van der Waals surface area contributed by atoms with Gasteiger partial charge in [0.1, 0.15) is 5.69 Å². The van der Waals surface area contributed by atoms with Crippen LogP contribution in [0.4, 0.5) is 0 Å². The number of fused-ring (bicyclic) bond motifs is 1. The van der Waals surface area contributed by atoms with Crippen LogP contribution >= 0.6 is 15.9 Å². The summed E-state index contributed by atoms with van der Waals surface area (Å²) in [5.74, 6) is 0.0500. The van der Waals surface area contributed by atoms with Crippen LogP contribution in [0.3, 0.4) is 0 Å². The maximum Gasteiger partial charge on any atom is 0.273 e. The third-order valence-corrected chi connectivity index (χ3v) is 4.48. The Bertz CT molecular complexity index is 465. The number of nitrogens with zero attached hydrogens (tertiary/aromatic N) is 3. The lowest BCUT2D eigenvalue weighted by atomic mass is 10.1. The third kappa shape index (κ3) is 2.17. The van der Waals surface area contributed by atoms with Crippen molar-refractivity contribution in [2.24, 2.45) is 0 Å². The van der Waals surface area contributed by atoms with Crippen molar-refractivity contribution in [3.63, 3.8) is 0 Å². The van der Waals surface area contributed by atoms with Crippen LogP contribution in [0.1, 0.15) is 23.3 Å². The van der Waals surface area contributed by atoms with Gasteiger partial charge in [0, 0.05) is 36.3 Å². The van der Waals surface area contributed by atoms with Crippen molar-refractivity contribution in [1.82, 2.24) is 14.8 Å². The zero-order valence-electron chi connectivity index (χ0n) is 10.2. The first kappa shape index (κ1) is 12.1. The third-order valence-electron chi connectivity index (χ3n) is 3.84. The number of rotatable bonds is 1. The SMILES string of the molecule is O=C(c1ncccc1Br)N1CCN2CCCC2C1. The molecule has 2 aliphatic rings. The number of aromatic nitrogens is 1. The van der Waals surface area contributed by atoms with E-state index in [4.69, 9.17) is 0 Å². The Morgan fingerprint density at radius 1 is 1.39 bits per heavy atom. The van der Waals surface area contributed by atoms with Gasteiger partial charge in [-0.25, -0.2) is 4.98 Å². The molecule has 3 heterocycles. The molecule has 2 aliphatic heterocycles. The number of hydrogen-bond acceptors (Lipinski definition) is 3. The van der Waals surface area contributed by atoms with Gasteiger partial charge in [-0.1, -0.05) is 0 Å². The lowest BCUT2D eigenvalue weighted by molar-refractivity contribution is 0.0565. The summed E-state index contributed by atoms with van der Waals surface area (Å²) in [6.45, 7) is 3.86. The second-order valence-corrected chi connectivity index (χ2v) is 5.77. The maximum atomic E-state index is 12.4. The average molecular weight is 310 g/mol. The van der Waals surface area contributed by atoms with Crippen molar-refractivity contribution in [2.45, 2.75) is 18.9 Å². The van der Waals surface area contributed by atoms with Gasteiger partial charge in [0.15, 0.2) is 0 Å². The van der Waals surface area contributed by atoms with E-state index in [0.29, 0.717) is 11.7 Å². The lowest BCUT2D eigenvalue weighted by Crippen LogP contribution is -2.52. The van der Waals surface area contributed by atoms with Gasteiger partial charge < -0.3 is 4.90 Å². The van der Waals surface area contributed by atoms with Crippen LogP contribution in [0.5, 0.6) is 0 Å². The second-order valence-electron chi connectivity index (χ2n) is 4.92. The van der Waals surface area contributed by atoms with Crippen LogP contribution in [0.2, 0.25) is 0 Å². The smallest absolute Gasteiger partial charge is 0.273 e. The molecule has 1 amide bonds. The van der Waals surface area contributed by atoms with Crippen LogP contribution in [-0.4, -0.2) is 52.9 Å². The van der Waals surface area contributed by atoms with E-state index in [1.54, 1.807) is 6.20 Å². The largest absolute Gasteiger partial charge is 0.334 e. The van der Waals surface area contributed by atoms with Crippen LogP contribution in [-0.2, 0) is 0 Å². The predicted molar refractivity (Wildman–Crippen MR) is 72.4 cm³/mol. The van der Waals surface area contributed by atoms with Gasteiger partial charge in [-0.2, -0.15) is 0 Å². The molecule has 1 atom stereocenters. The molecule has 1 aromatic heterocycles. The molecule has 18 heavy (non-hydrogen) atoms. The topological polar surface area (TPSA) is 36.4 Å². The van der Waals surface area contributed by atoms with E-state index >= 15 is 0 Å². The van der Waals surface area contributed by atoms with Crippen molar-refractivity contribution < 1.29 is 4.79 Å². The molecule has 2 saturated heterocycles. The van der Waals surface area contributed by atoms with Gasteiger partial charge in [-0.15, -0.1) is 0 Å². The van der Waals surface area contributed by atoms with Gasteiger partial charge in [-0.3, -0.25) is 9.69 Å². The van der Waals surface area contributed by atoms with E-state index in [1.807, 2.05) is 17.0 Å². The summed E-state index contributed by atoms with van der Waals surface area (Å²) in [5.41, 5.74) is 0.531. The molecule has 0 bridgehead atoms. The van der Waals surface area contributed by atoms with E-state index in [0.717, 1.165) is 24.1 Å². The maximum absolute atomic E-state index is 12.4. The molecule has 0 spiro atoms. The zero-order valence-corrected chi connectivity index (χ0v) is 11.8. The Balaban J connectivity index is 1.75. The Morgan fingerprint density at radius 2 is 2.28 bits per heavy atom. The molecule has 4 nitrogen and oxygen atoms in total. The average Bonchev–Trinajstić information content (AvgIpc) is 2.85. The van der Waals surface area contributed by atoms with E-state index in [1.165, 1.54) is 19.4 Å². The molecular weight excluding hydrogens is 294 g/mol. The Hall–Kier alpha value is -0.940. The van der Waals surface area contributed by atoms with Gasteiger partial charge >= 0.3 is 0 Å². The number of halogens is 1. The van der Waals surface area contributed by atoms with E-state index in [2.05, 4.69) is 25.8 Å². The summed E-state index contributed by atoms with van der Waals surface area (Å²) in [7, 11) is 0. The first-order valence-corrected chi connectivity index (χ1v) is 7.19. The van der Waals surface area contributed by atoms with Crippen molar-refractivity contribution >= 4 is 21.8 Å². The monoisotopic (exact) mass is 309 g/mol. The highest BCUT2D eigenvalue weighted by Crippen LogP contribution is 2.23. The van der Waals surface area contributed by atoms with Gasteiger partial charge in [0.25, 0.3) is 5.91 Å². The molecule has 0 aliphatic carbocycles. The Labute approximate surface area is 115 Å². The summed E-state index contributed by atoms with van der Waals surface area (Å²) < 4.78 is 0.781. The molecule has 96 valence electrons. The zero-order chi connectivity index (χ0) is 12.5. The summed E-state index contributed by atoms with van der Waals surface area (Å²) in [5, 5.41) is 0. The van der Waals surface area contributed by atoms with Crippen LogP contribution in [0, 0.1) is 0 Å². The summed E-state index contributed by atoms with van der Waals surface area (Å²) in [4.78, 5) is 21.1. The first-order valence-electron chi connectivity index (χ1n) is 6.39.